The van der Waals surface area contributed by atoms with Gasteiger partial charge in [0, 0.05) is 19.3 Å². The molecule has 0 aliphatic heterocycles. The summed E-state index contributed by atoms with van der Waals surface area (Å²) in [4.78, 5) is 17.3. The molecule has 3 aromatic heterocycles. The molecule has 188 valence electrons. The van der Waals surface area contributed by atoms with E-state index in [1.54, 1.807) is 12.1 Å². The molecule has 0 spiro atoms. The molecule has 6 nitrogen and oxygen atoms in total. The van der Waals surface area contributed by atoms with Crippen molar-refractivity contribution in [2.24, 2.45) is 5.92 Å². The molecule has 0 radical (unpaired) electrons. The van der Waals surface area contributed by atoms with Crippen LogP contribution in [0.1, 0.15) is 30.8 Å². The van der Waals surface area contributed by atoms with Crippen molar-refractivity contribution in [3.05, 3.63) is 77.5 Å². The number of rotatable bonds is 9. The third kappa shape index (κ3) is 6.31. The minimum atomic E-state index is -4.58. The average molecular weight is 500 g/mol. The Hall–Kier alpha value is -3.66. The zero-order valence-electron chi connectivity index (χ0n) is 19.8. The Morgan fingerprint density at radius 2 is 1.83 bits per heavy atom. The van der Waals surface area contributed by atoms with Crippen LogP contribution in [0.15, 0.2) is 54.7 Å². The van der Waals surface area contributed by atoms with Gasteiger partial charge in [-0.2, -0.15) is 13.2 Å². The van der Waals surface area contributed by atoms with Crippen LogP contribution in [0.3, 0.4) is 0 Å². The highest BCUT2D eigenvalue weighted by molar-refractivity contribution is 5.88. The van der Waals surface area contributed by atoms with Crippen molar-refractivity contribution in [2.75, 3.05) is 18.5 Å². The smallest absolute Gasteiger partial charge is 0.373 e. The minimum Gasteiger partial charge on any atom is -0.373 e. The summed E-state index contributed by atoms with van der Waals surface area (Å²) in [6.07, 6.45) is -2.75. The topological polar surface area (TPSA) is 72.8 Å². The molecule has 0 aliphatic rings. The van der Waals surface area contributed by atoms with E-state index in [0.717, 1.165) is 11.6 Å². The molecule has 0 bridgehead atoms. The van der Waals surface area contributed by atoms with E-state index in [9.17, 15) is 17.6 Å². The summed E-state index contributed by atoms with van der Waals surface area (Å²) in [5.74, 6) is 0.812. The summed E-state index contributed by atoms with van der Waals surface area (Å²) >= 11 is 0. The molecule has 4 aromatic rings. The van der Waals surface area contributed by atoms with Crippen LogP contribution in [-0.4, -0.2) is 33.1 Å². The Kier molecular flexibility index (Phi) is 7.73. The number of anilines is 1. The number of fused-ring (bicyclic) bond motifs is 1. The van der Waals surface area contributed by atoms with E-state index in [4.69, 9.17) is 4.74 Å². The van der Waals surface area contributed by atoms with Crippen molar-refractivity contribution in [1.29, 1.82) is 0 Å². The van der Waals surface area contributed by atoms with E-state index in [1.807, 2.05) is 19.9 Å². The van der Waals surface area contributed by atoms with Gasteiger partial charge in [0.1, 0.15) is 23.9 Å². The number of hydrogen-bond donors (Lipinski definition) is 1. The summed E-state index contributed by atoms with van der Waals surface area (Å²) in [5.41, 5.74) is -0.0632. The normalized spacial score (nSPS) is 11.9. The fraction of sp³-hybridized carbons (Fsp3) is 0.308. The second-order valence-electron chi connectivity index (χ2n) is 8.67. The molecule has 0 fully saturated rings. The quantitative estimate of drug-likeness (QED) is 0.282. The van der Waals surface area contributed by atoms with Crippen LogP contribution in [-0.2, 0) is 23.9 Å². The third-order valence-electron chi connectivity index (χ3n) is 5.24. The zero-order valence-corrected chi connectivity index (χ0v) is 19.8. The molecule has 0 atom stereocenters. The van der Waals surface area contributed by atoms with Crippen LogP contribution >= 0.6 is 0 Å². The SMILES string of the molecule is CC(C)COCc1nc(NCCc2cccc(F)c2)c2ccc(-c3ncccc3C(F)(F)F)nc2n1. The number of pyridine rings is 2. The van der Waals surface area contributed by atoms with E-state index in [-0.39, 0.29) is 29.5 Å². The monoisotopic (exact) mass is 499 g/mol. The molecule has 3 heterocycles. The fourth-order valence-corrected chi connectivity index (χ4v) is 3.63. The van der Waals surface area contributed by atoms with Crippen molar-refractivity contribution in [2.45, 2.75) is 33.1 Å². The molecule has 0 amide bonds. The predicted octanol–water partition coefficient (Wildman–Crippen LogP) is 6.07. The van der Waals surface area contributed by atoms with Crippen LogP contribution in [0, 0.1) is 11.7 Å². The van der Waals surface area contributed by atoms with Gasteiger partial charge >= 0.3 is 6.18 Å². The van der Waals surface area contributed by atoms with Crippen molar-refractivity contribution < 1.29 is 22.3 Å². The number of ether oxygens (including phenoxy) is 1. The van der Waals surface area contributed by atoms with Gasteiger partial charge in [0.15, 0.2) is 11.5 Å². The lowest BCUT2D eigenvalue weighted by molar-refractivity contribution is -0.137. The number of hydrogen-bond acceptors (Lipinski definition) is 6. The van der Waals surface area contributed by atoms with Gasteiger partial charge in [-0.25, -0.2) is 19.3 Å². The van der Waals surface area contributed by atoms with Gasteiger partial charge in [0.25, 0.3) is 0 Å². The van der Waals surface area contributed by atoms with Crippen LogP contribution in [0.4, 0.5) is 23.4 Å². The standard InChI is InChI=1S/C26H25F4N5O/c1-16(2)14-36-15-22-34-24(32-12-10-17-5-3-6-18(27)13-17)19-8-9-21(33-25(19)35-22)23-20(26(28,29)30)7-4-11-31-23/h3-9,11,13,16H,10,12,14-15H2,1-2H3,(H,32,33,34,35). The van der Waals surface area contributed by atoms with Crippen molar-refractivity contribution >= 4 is 16.9 Å². The first kappa shape index (κ1) is 25.4. The minimum absolute atomic E-state index is 0.0499. The van der Waals surface area contributed by atoms with Crippen molar-refractivity contribution in [1.82, 2.24) is 19.9 Å². The molecule has 1 N–H and O–H groups in total. The second-order valence-corrected chi connectivity index (χ2v) is 8.67. The van der Waals surface area contributed by atoms with Crippen LogP contribution in [0.5, 0.6) is 0 Å². The maximum atomic E-state index is 13.5. The van der Waals surface area contributed by atoms with Gasteiger partial charge in [-0.05, 0) is 54.3 Å². The predicted molar refractivity (Wildman–Crippen MR) is 129 cm³/mol. The van der Waals surface area contributed by atoms with Crippen LogP contribution < -0.4 is 5.32 Å². The molecule has 0 aliphatic carbocycles. The first-order chi connectivity index (χ1) is 17.2. The Morgan fingerprint density at radius 1 is 1.00 bits per heavy atom. The number of nitrogens with zero attached hydrogens (tertiary/aromatic N) is 4. The van der Waals surface area contributed by atoms with Gasteiger partial charge in [-0.15, -0.1) is 0 Å². The summed E-state index contributed by atoms with van der Waals surface area (Å²) in [7, 11) is 0. The summed E-state index contributed by atoms with van der Waals surface area (Å²) < 4.78 is 59.8. The second kappa shape index (κ2) is 10.9. The molecular weight excluding hydrogens is 474 g/mol. The van der Waals surface area contributed by atoms with Gasteiger partial charge < -0.3 is 10.1 Å². The fourth-order valence-electron chi connectivity index (χ4n) is 3.63. The van der Waals surface area contributed by atoms with E-state index in [1.165, 1.54) is 30.5 Å². The molecule has 0 saturated carbocycles. The average Bonchev–Trinajstić information content (AvgIpc) is 2.83. The Morgan fingerprint density at radius 3 is 2.58 bits per heavy atom. The van der Waals surface area contributed by atoms with Crippen molar-refractivity contribution in [3.8, 4) is 11.4 Å². The molecular formula is C26H25F4N5O. The van der Waals surface area contributed by atoms with Crippen LogP contribution in [0.25, 0.3) is 22.4 Å². The summed E-state index contributed by atoms with van der Waals surface area (Å²) in [6.45, 7) is 5.09. The number of benzene rings is 1. The largest absolute Gasteiger partial charge is 0.418 e. The molecule has 0 saturated heterocycles. The van der Waals surface area contributed by atoms with Crippen LogP contribution in [0.2, 0.25) is 0 Å². The molecule has 36 heavy (non-hydrogen) atoms. The first-order valence-electron chi connectivity index (χ1n) is 11.5. The van der Waals surface area contributed by atoms with E-state index in [2.05, 4.69) is 25.3 Å². The van der Waals surface area contributed by atoms with Gasteiger partial charge in [0.2, 0.25) is 0 Å². The third-order valence-corrected chi connectivity index (χ3v) is 5.24. The molecule has 1 aromatic carbocycles. The lowest BCUT2D eigenvalue weighted by atomic mass is 10.1. The maximum Gasteiger partial charge on any atom is 0.418 e. The van der Waals surface area contributed by atoms with Crippen molar-refractivity contribution in [3.63, 3.8) is 0 Å². The summed E-state index contributed by atoms with van der Waals surface area (Å²) in [6, 6.07) is 11.6. The Bertz CT molecular complexity index is 1340. The van der Waals surface area contributed by atoms with Gasteiger partial charge in [-0.1, -0.05) is 26.0 Å². The first-order valence-corrected chi connectivity index (χ1v) is 11.5. The number of nitrogens with one attached hydrogen (secondary N) is 1. The molecule has 0 unspecified atom stereocenters. The van der Waals surface area contributed by atoms with E-state index >= 15 is 0 Å². The van der Waals surface area contributed by atoms with E-state index in [0.29, 0.717) is 42.5 Å². The zero-order chi connectivity index (χ0) is 25.7. The maximum absolute atomic E-state index is 13.5. The highest BCUT2D eigenvalue weighted by atomic mass is 19.4. The lowest BCUT2D eigenvalue weighted by Crippen LogP contribution is -2.12. The summed E-state index contributed by atoms with van der Waals surface area (Å²) in [5, 5.41) is 3.76. The number of alkyl halides is 3. The van der Waals surface area contributed by atoms with Gasteiger partial charge in [-0.3, -0.25) is 4.98 Å². The molecule has 4 rings (SSSR count). The van der Waals surface area contributed by atoms with Gasteiger partial charge in [0.05, 0.1) is 16.6 Å². The number of halogens is 4. The highest BCUT2D eigenvalue weighted by Gasteiger charge is 2.34. The highest BCUT2D eigenvalue weighted by Crippen LogP contribution is 2.35. The number of aromatic nitrogens is 4. The van der Waals surface area contributed by atoms with E-state index < -0.39 is 11.7 Å². The molecule has 10 heteroatoms. The Labute approximate surface area is 205 Å². The lowest BCUT2D eigenvalue weighted by Gasteiger charge is -2.14. The Balaban J connectivity index is 1.68.